The van der Waals surface area contributed by atoms with E-state index in [-0.39, 0.29) is 22.4 Å². The Labute approximate surface area is 178 Å². The molecule has 31 heavy (non-hydrogen) atoms. The first-order valence-corrected chi connectivity index (χ1v) is 9.16. The van der Waals surface area contributed by atoms with Crippen LogP contribution in [-0.4, -0.2) is 38.5 Å². The Morgan fingerprint density at radius 1 is 0.806 bits per heavy atom. The number of carboxylic acids is 2. The van der Waals surface area contributed by atoms with Gasteiger partial charge in [-0.05, 0) is 84.0 Å². The summed E-state index contributed by atoms with van der Waals surface area (Å²) in [7, 11) is 0. The number of phenols is 1. The van der Waals surface area contributed by atoms with Crippen LogP contribution >= 0.6 is 0 Å². The maximum atomic E-state index is 11.9. The number of aryl methyl sites for hydroxylation is 3. The standard InChI is InChI=1S/C24H20O6.H2O/c1-12-4-5-15(8-13(12)2)21(16-6-7-20(25)18(10-16)23(27)28)17-9-14(3)22(26)19(11-17)24(29)30;/h4-11,26H,1-3H3,(H,27,28)(H,29,30);1H2/b21-16-;. The van der Waals surface area contributed by atoms with E-state index in [0.29, 0.717) is 22.3 Å². The number of aliphatic carboxylic acids is 1. The Morgan fingerprint density at radius 3 is 2.03 bits per heavy atom. The minimum Gasteiger partial charge on any atom is -0.507 e. The van der Waals surface area contributed by atoms with E-state index in [2.05, 4.69) is 0 Å². The smallest absolute Gasteiger partial charge is 0.339 e. The van der Waals surface area contributed by atoms with Gasteiger partial charge in [-0.25, -0.2) is 9.59 Å². The Balaban J connectivity index is 0.00000341. The molecule has 5 N–H and O–H groups in total. The number of hydrogen-bond donors (Lipinski definition) is 3. The van der Waals surface area contributed by atoms with Crippen molar-refractivity contribution in [1.29, 1.82) is 0 Å². The van der Waals surface area contributed by atoms with Gasteiger partial charge in [0.2, 0.25) is 0 Å². The quantitative estimate of drug-likeness (QED) is 0.646. The molecule has 0 saturated heterocycles. The predicted octanol–water partition coefficient (Wildman–Crippen LogP) is 3.14. The van der Waals surface area contributed by atoms with Gasteiger partial charge in [-0.1, -0.05) is 24.3 Å². The van der Waals surface area contributed by atoms with Crippen LogP contribution in [0.15, 0.2) is 59.7 Å². The fourth-order valence-electron chi connectivity index (χ4n) is 3.34. The lowest BCUT2D eigenvalue weighted by Crippen LogP contribution is -2.13. The van der Waals surface area contributed by atoms with Gasteiger partial charge >= 0.3 is 11.9 Å². The lowest BCUT2D eigenvalue weighted by atomic mass is 9.86. The number of rotatable bonds is 4. The van der Waals surface area contributed by atoms with Crippen LogP contribution in [0.4, 0.5) is 0 Å². The largest absolute Gasteiger partial charge is 0.507 e. The second-order valence-electron chi connectivity index (χ2n) is 7.18. The van der Waals surface area contributed by atoms with Crippen molar-refractivity contribution in [3.63, 3.8) is 0 Å². The summed E-state index contributed by atoms with van der Waals surface area (Å²) in [5.41, 5.74) is 4.03. The van der Waals surface area contributed by atoms with Gasteiger partial charge in [0.15, 0.2) is 5.78 Å². The summed E-state index contributed by atoms with van der Waals surface area (Å²) < 4.78 is 0. The fourth-order valence-corrected chi connectivity index (χ4v) is 3.34. The van der Waals surface area contributed by atoms with Crippen LogP contribution in [-0.2, 0) is 9.59 Å². The van der Waals surface area contributed by atoms with Gasteiger partial charge in [0.05, 0.1) is 0 Å². The maximum absolute atomic E-state index is 11.9. The number of carboxylic acid groups (broad SMARTS) is 2. The molecule has 0 heterocycles. The number of hydrogen-bond acceptors (Lipinski definition) is 4. The minimum absolute atomic E-state index is 0. The highest BCUT2D eigenvalue weighted by molar-refractivity contribution is 6.23. The van der Waals surface area contributed by atoms with Crippen LogP contribution < -0.4 is 0 Å². The van der Waals surface area contributed by atoms with Crippen molar-refractivity contribution in [2.75, 3.05) is 0 Å². The molecule has 0 amide bonds. The second-order valence-corrected chi connectivity index (χ2v) is 7.18. The summed E-state index contributed by atoms with van der Waals surface area (Å²) in [5.74, 6) is -3.56. The molecular formula is C24H22O7. The van der Waals surface area contributed by atoms with Crippen LogP contribution in [0.2, 0.25) is 0 Å². The van der Waals surface area contributed by atoms with Crippen LogP contribution in [0.3, 0.4) is 0 Å². The number of aromatic hydroxyl groups is 1. The third-order valence-electron chi connectivity index (χ3n) is 5.11. The first-order chi connectivity index (χ1) is 14.1. The molecule has 0 bridgehead atoms. The average molecular weight is 422 g/mol. The number of allylic oxidation sites excluding steroid dienone is 4. The SMILES string of the molecule is Cc1ccc(/C(=C2\C=CC(=O)C(C(=O)O)=C2)c2cc(C)c(O)c(C(=O)O)c2)cc1C.O. The van der Waals surface area contributed by atoms with Crippen LogP contribution in [0.5, 0.6) is 5.75 Å². The lowest BCUT2D eigenvalue weighted by Gasteiger charge is -2.17. The Hall–Kier alpha value is -3.97. The van der Waals surface area contributed by atoms with Gasteiger partial charge in [-0.3, -0.25) is 4.79 Å². The summed E-state index contributed by atoms with van der Waals surface area (Å²) in [4.78, 5) is 35.1. The van der Waals surface area contributed by atoms with Gasteiger partial charge < -0.3 is 20.8 Å². The normalized spacial score (nSPS) is 14.5. The molecular weight excluding hydrogens is 400 g/mol. The topological polar surface area (TPSA) is 143 Å². The van der Waals surface area contributed by atoms with Gasteiger partial charge in [-0.2, -0.15) is 0 Å². The molecule has 2 aromatic rings. The minimum atomic E-state index is -1.34. The second kappa shape index (κ2) is 8.81. The molecule has 0 unspecified atom stereocenters. The number of ketones is 1. The van der Waals surface area contributed by atoms with E-state index in [1.807, 2.05) is 32.0 Å². The molecule has 2 aromatic carbocycles. The Bertz CT molecular complexity index is 1200. The fraction of sp³-hybridized carbons (Fsp3) is 0.125. The summed E-state index contributed by atoms with van der Waals surface area (Å²) >= 11 is 0. The molecule has 3 rings (SSSR count). The van der Waals surface area contributed by atoms with Crippen molar-refractivity contribution in [1.82, 2.24) is 0 Å². The number of carbonyl (C=O) groups is 3. The molecule has 7 nitrogen and oxygen atoms in total. The molecule has 7 heteroatoms. The number of benzene rings is 2. The Morgan fingerprint density at radius 2 is 1.45 bits per heavy atom. The summed E-state index contributed by atoms with van der Waals surface area (Å²) in [6.45, 7) is 5.48. The zero-order valence-electron chi connectivity index (χ0n) is 17.2. The van der Waals surface area contributed by atoms with Gasteiger partial charge in [0.1, 0.15) is 16.9 Å². The van der Waals surface area contributed by atoms with Gasteiger partial charge in [-0.15, -0.1) is 0 Å². The highest BCUT2D eigenvalue weighted by Crippen LogP contribution is 2.35. The maximum Gasteiger partial charge on any atom is 0.339 e. The molecule has 0 aromatic heterocycles. The zero-order chi connectivity index (χ0) is 22.2. The van der Waals surface area contributed by atoms with Crippen molar-refractivity contribution in [3.05, 3.63) is 93.1 Å². The highest BCUT2D eigenvalue weighted by atomic mass is 16.4. The van der Waals surface area contributed by atoms with E-state index in [4.69, 9.17) is 0 Å². The van der Waals surface area contributed by atoms with Gasteiger partial charge in [0, 0.05) is 0 Å². The molecule has 0 saturated carbocycles. The Kier molecular flexibility index (Phi) is 6.62. The van der Waals surface area contributed by atoms with Crippen LogP contribution in [0.1, 0.15) is 38.2 Å². The molecule has 0 aliphatic heterocycles. The molecule has 1 aliphatic carbocycles. The number of aromatic carboxylic acids is 1. The van der Waals surface area contributed by atoms with Gasteiger partial charge in [0.25, 0.3) is 0 Å². The van der Waals surface area contributed by atoms with Crippen LogP contribution in [0, 0.1) is 20.8 Å². The van der Waals surface area contributed by atoms with Crippen molar-refractivity contribution >= 4 is 23.3 Å². The molecule has 0 atom stereocenters. The first kappa shape index (κ1) is 23.3. The monoisotopic (exact) mass is 422 g/mol. The van der Waals surface area contributed by atoms with E-state index < -0.39 is 17.7 Å². The summed E-state index contributed by atoms with van der Waals surface area (Å²) in [6.07, 6.45) is 3.99. The molecule has 160 valence electrons. The van der Waals surface area contributed by atoms with Crippen molar-refractivity contribution in [2.24, 2.45) is 0 Å². The van der Waals surface area contributed by atoms with E-state index in [0.717, 1.165) is 16.7 Å². The molecule has 0 spiro atoms. The molecule has 1 aliphatic rings. The summed E-state index contributed by atoms with van der Waals surface area (Å²) in [5, 5.41) is 29.0. The third-order valence-corrected chi connectivity index (χ3v) is 5.11. The summed E-state index contributed by atoms with van der Waals surface area (Å²) in [6, 6.07) is 8.67. The number of carbonyl (C=O) groups excluding carboxylic acids is 1. The van der Waals surface area contributed by atoms with Crippen LogP contribution in [0.25, 0.3) is 5.57 Å². The first-order valence-electron chi connectivity index (χ1n) is 9.16. The third kappa shape index (κ3) is 4.46. The van der Waals surface area contributed by atoms with Crippen molar-refractivity contribution in [2.45, 2.75) is 20.8 Å². The van der Waals surface area contributed by atoms with E-state index in [1.54, 1.807) is 13.0 Å². The molecule has 0 radical (unpaired) electrons. The lowest BCUT2D eigenvalue weighted by molar-refractivity contribution is -0.134. The highest BCUT2D eigenvalue weighted by Gasteiger charge is 2.22. The van der Waals surface area contributed by atoms with Crippen molar-refractivity contribution < 1.29 is 35.2 Å². The average Bonchev–Trinajstić information content (AvgIpc) is 2.68. The van der Waals surface area contributed by atoms with E-state index >= 15 is 0 Å². The van der Waals surface area contributed by atoms with E-state index in [1.165, 1.54) is 24.3 Å². The molecule has 0 fully saturated rings. The van der Waals surface area contributed by atoms with E-state index in [9.17, 15) is 29.7 Å². The predicted molar refractivity (Wildman–Crippen MR) is 115 cm³/mol. The van der Waals surface area contributed by atoms with Crippen molar-refractivity contribution in [3.8, 4) is 5.75 Å². The zero-order valence-corrected chi connectivity index (χ0v) is 17.2.